The number of hydrogen-bond donors (Lipinski definition) is 3. The Kier molecular flexibility index (Phi) is 9.49. The van der Waals surface area contributed by atoms with Crippen molar-refractivity contribution in [2.75, 3.05) is 39.5 Å². The van der Waals surface area contributed by atoms with Gasteiger partial charge in [-0.3, -0.25) is 10.2 Å². The molecule has 2 aliphatic heterocycles. The number of aromatic nitrogens is 1. The maximum atomic E-state index is 14.7. The Balaban J connectivity index is 1.71. The molecule has 1 aromatic carbocycles. The second-order valence-corrected chi connectivity index (χ2v) is 10.7. The van der Waals surface area contributed by atoms with Gasteiger partial charge in [0, 0.05) is 47.7 Å². The van der Waals surface area contributed by atoms with E-state index in [1.165, 1.54) is 28.4 Å². The number of rotatable bonds is 10. The van der Waals surface area contributed by atoms with Gasteiger partial charge in [0.05, 0.1) is 31.4 Å². The molecule has 2 aromatic rings. The molecular weight excluding hydrogens is 561 g/mol. The van der Waals surface area contributed by atoms with Crippen LogP contribution in [0.15, 0.2) is 41.0 Å². The normalized spacial score (nSPS) is 23.4. The van der Waals surface area contributed by atoms with Gasteiger partial charge in [0.2, 0.25) is 0 Å². The second kappa shape index (κ2) is 12.6. The molecule has 9 nitrogen and oxygen atoms in total. The van der Waals surface area contributed by atoms with Gasteiger partial charge in [0.1, 0.15) is 23.6 Å². The molecule has 0 saturated carbocycles. The SMILES string of the molecule is CCOC(=O)C1=C(CN2CC(COCC(=O)O)CC(F)(F)C2)NC(c2nccs2)NC1c1ccc(F)cc1Cl. The van der Waals surface area contributed by atoms with Gasteiger partial charge in [-0.25, -0.2) is 27.7 Å². The molecule has 212 valence electrons. The Hall–Kier alpha value is -2.71. The van der Waals surface area contributed by atoms with Gasteiger partial charge in [0.25, 0.3) is 5.92 Å². The highest BCUT2D eigenvalue weighted by Gasteiger charge is 2.42. The van der Waals surface area contributed by atoms with Crippen LogP contribution in [0.4, 0.5) is 13.2 Å². The number of nitrogens with one attached hydrogen (secondary N) is 2. The van der Waals surface area contributed by atoms with Crippen LogP contribution >= 0.6 is 22.9 Å². The van der Waals surface area contributed by atoms with Gasteiger partial charge in [-0.1, -0.05) is 17.7 Å². The van der Waals surface area contributed by atoms with Crippen molar-refractivity contribution in [2.45, 2.75) is 31.5 Å². The number of halogens is 4. The zero-order valence-corrected chi connectivity index (χ0v) is 22.5. The summed E-state index contributed by atoms with van der Waals surface area (Å²) in [6.07, 6.45) is 0.557. The molecule has 0 bridgehead atoms. The topological polar surface area (TPSA) is 113 Å². The quantitative estimate of drug-likeness (QED) is 0.357. The number of likely N-dealkylation sites (tertiary alicyclic amines) is 1. The van der Waals surface area contributed by atoms with Gasteiger partial charge in [0.15, 0.2) is 0 Å². The minimum atomic E-state index is -3.05. The van der Waals surface area contributed by atoms with Crippen LogP contribution in [-0.2, 0) is 19.1 Å². The number of carboxylic acid groups (broad SMARTS) is 1. The number of carbonyl (C=O) groups is 2. The van der Waals surface area contributed by atoms with Crippen molar-refractivity contribution in [1.82, 2.24) is 20.5 Å². The number of alkyl halides is 2. The van der Waals surface area contributed by atoms with Crippen LogP contribution in [0.1, 0.15) is 36.1 Å². The molecule has 0 spiro atoms. The van der Waals surface area contributed by atoms with Crippen LogP contribution in [-0.4, -0.2) is 72.3 Å². The highest BCUT2D eigenvalue weighted by atomic mass is 35.5. The Morgan fingerprint density at radius 1 is 1.36 bits per heavy atom. The first-order chi connectivity index (χ1) is 18.6. The molecule has 14 heteroatoms. The molecule has 4 rings (SSSR count). The van der Waals surface area contributed by atoms with E-state index in [0.717, 1.165) is 6.07 Å². The summed E-state index contributed by atoms with van der Waals surface area (Å²) in [5.41, 5.74) is 0.872. The minimum absolute atomic E-state index is 0.0696. The summed E-state index contributed by atoms with van der Waals surface area (Å²) >= 11 is 7.74. The molecular formula is C25H28ClF3N4O5S. The van der Waals surface area contributed by atoms with E-state index in [0.29, 0.717) is 16.3 Å². The number of hydrogen-bond acceptors (Lipinski definition) is 9. The molecule has 39 heavy (non-hydrogen) atoms. The molecule has 3 heterocycles. The fraction of sp³-hybridized carbons (Fsp3) is 0.480. The van der Waals surface area contributed by atoms with E-state index in [4.69, 9.17) is 26.2 Å². The Bertz CT molecular complexity index is 1220. The Labute approximate surface area is 231 Å². The highest BCUT2D eigenvalue weighted by molar-refractivity contribution is 7.09. The predicted octanol–water partition coefficient (Wildman–Crippen LogP) is 3.74. The zero-order chi connectivity index (χ0) is 28.2. The van der Waals surface area contributed by atoms with Gasteiger partial charge in [-0.15, -0.1) is 11.3 Å². The largest absolute Gasteiger partial charge is 0.480 e. The lowest BCUT2D eigenvalue weighted by molar-refractivity contribution is -0.144. The van der Waals surface area contributed by atoms with Crippen LogP contribution in [0, 0.1) is 11.7 Å². The van der Waals surface area contributed by atoms with Crippen LogP contribution in [0.25, 0.3) is 0 Å². The Morgan fingerprint density at radius 2 is 2.15 bits per heavy atom. The lowest BCUT2D eigenvalue weighted by atomic mass is 9.92. The summed E-state index contributed by atoms with van der Waals surface area (Å²) in [4.78, 5) is 29.9. The van der Waals surface area contributed by atoms with E-state index in [1.807, 2.05) is 0 Å². The molecule has 2 aliphatic rings. The first kappa shape index (κ1) is 29.3. The second-order valence-electron chi connectivity index (χ2n) is 9.33. The number of esters is 1. The number of piperidine rings is 1. The monoisotopic (exact) mass is 588 g/mol. The smallest absolute Gasteiger partial charge is 0.337 e. The van der Waals surface area contributed by atoms with Gasteiger partial charge < -0.3 is 19.9 Å². The number of benzene rings is 1. The fourth-order valence-electron chi connectivity index (χ4n) is 4.87. The average Bonchev–Trinajstić information content (AvgIpc) is 3.38. The van der Waals surface area contributed by atoms with Gasteiger partial charge >= 0.3 is 11.9 Å². The predicted molar refractivity (Wildman–Crippen MR) is 137 cm³/mol. The lowest BCUT2D eigenvalue weighted by Gasteiger charge is -2.41. The molecule has 0 aliphatic carbocycles. The van der Waals surface area contributed by atoms with E-state index in [1.54, 1.807) is 18.5 Å². The summed E-state index contributed by atoms with van der Waals surface area (Å²) in [5.74, 6) is -6.10. The van der Waals surface area contributed by atoms with E-state index in [9.17, 15) is 22.8 Å². The van der Waals surface area contributed by atoms with Crippen LogP contribution in [0.5, 0.6) is 0 Å². The molecule has 3 atom stereocenters. The molecule has 3 N–H and O–H groups in total. The number of carbonyl (C=O) groups excluding carboxylic acids is 1. The fourth-order valence-corrected chi connectivity index (χ4v) is 5.79. The highest BCUT2D eigenvalue weighted by Crippen LogP contribution is 2.38. The molecule has 1 saturated heterocycles. The van der Waals surface area contributed by atoms with Crippen molar-refractivity contribution < 1.29 is 37.3 Å². The van der Waals surface area contributed by atoms with Crippen LogP contribution in [0.2, 0.25) is 5.02 Å². The zero-order valence-electron chi connectivity index (χ0n) is 21.0. The number of thiazole rings is 1. The summed E-state index contributed by atoms with van der Waals surface area (Å²) in [6.45, 7) is 0.537. The third kappa shape index (κ3) is 7.48. The van der Waals surface area contributed by atoms with E-state index in [2.05, 4.69) is 15.6 Å². The van der Waals surface area contributed by atoms with Crippen molar-refractivity contribution in [2.24, 2.45) is 5.92 Å². The third-order valence-corrected chi connectivity index (χ3v) is 7.42. The summed E-state index contributed by atoms with van der Waals surface area (Å²) in [6, 6.07) is 2.95. The maximum absolute atomic E-state index is 14.7. The van der Waals surface area contributed by atoms with Crippen molar-refractivity contribution in [1.29, 1.82) is 0 Å². The first-order valence-corrected chi connectivity index (χ1v) is 13.5. The van der Waals surface area contributed by atoms with Crippen molar-refractivity contribution in [3.63, 3.8) is 0 Å². The van der Waals surface area contributed by atoms with Gasteiger partial charge in [-0.05, 0) is 24.6 Å². The van der Waals surface area contributed by atoms with E-state index >= 15 is 0 Å². The third-order valence-electron chi connectivity index (χ3n) is 6.25. The van der Waals surface area contributed by atoms with Crippen molar-refractivity contribution >= 4 is 34.9 Å². The van der Waals surface area contributed by atoms with Crippen molar-refractivity contribution in [3.05, 3.63) is 62.5 Å². The van der Waals surface area contributed by atoms with E-state index < -0.39 is 61.4 Å². The summed E-state index contributed by atoms with van der Waals surface area (Å²) in [7, 11) is 0. The van der Waals surface area contributed by atoms with Crippen LogP contribution < -0.4 is 10.6 Å². The molecule has 0 amide bonds. The Morgan fingerprint density at radius 3 is 2.82 bits per heavy atom. The van der Waals surface area contributed by atoms with E-state index in [-0.39, 0.29) is 36.9 Å². The molecule has 1 fully saturated rings. The molecule has 3 unspecified atom stereocenters. The number of nitrogens with zero attached hydrogens (tertiary/aromatic N) is 2. The first-order valence-electron chi connectivity index (χ1n) is 12.2. The average molecular weight is 589 g/mol. The summed E-state index contributed by atoms with van der Waals surface area (Å²) in [5, 5.41) is 17.8. The lowest BCUT2D eigenvalue weighted by Crippen LogP contribution is -2.52. The van der Waals surface area contributed by atoms with Gasteiger partial charge in [-0.2, -0.15) is 0 Å². The molecule has 0 radical (unpaired) electrons. The summed E-state index contributed by atoms with van der Waals surface area (Å²) < 4.78 is 53.8. The minimum Gasteiger partial charge on any atom is -0.480 e. The van der Waals surface area contributed by atoms with Crippen molar-refractivity contribution in [3.8, 4) is 0 Å². The standard InChI is InChI=1S/C25H28ClF3N4O5S/c1-2-38-24(36)20-18(10-33-9-14(8-25(28,29)13-33)11-37-12-19(34)35)31-22(23-30-5-6-39-23)32-21(20)16-4-3-15(27)7-17(16)26/h3-7,14,21-22,31-32H,2,8-13H2,1H3,(H,34,35). The number of aliphatic carboxylic acids is 1. The number of carboxylic acids is 1. The number of ether oxygens (including phenoxy) is 2. The van der Waals surface area contributed by atoms with Crippen LogP contribution in [0.3, 0.4) is 0 Å². The molecule has 1 aromatic heterocycles. The maximum Gasteiger partial charge on any atom is 0.337 e.